The van der Waals surface area contributed by atoms with Gasteiger partial charge in [0.2, 0.25) is 0 Å². The van der Waals surface area contributed by atoms with Crippen molar-refractivity contribution in [3.05, 3.63) is 34.8 Å². The monoisotopic (exact) mass is 204 g/mol. The Balaban J connectivity index is 3.37. The average molecular weight is 204 g/mol. The molecule has 0 aliphatic carbocycles. The van der Waals surface area contributed by atoms with Crippen LogP contribution in [-0.4, -0.2) is 10.8 Å². The summed E-state index contributed by atoms with van der Waals surface area (Å²) in [5.41, 5.74) is 9.48. The zero-order chi connectivity index (χ0) is 11.6. The SMILES string of the molecule is CC(=O)C(=C(C)N)c1cc(C)nc(C)c1. The van der Waals surface area contributed by atoms with E-state index in [1.165, 1.54) is 6.92 Å². The van der Waals surface area contributed by atoms with E-state index in [1.54, 1.807) is 6.92 Å². The summed E-state index contributed by atoms with van der Waals surface area (Å²) < 4.78 is 0. The van der Waals surface area contributed by atoms with E-state index in [2.05, 4.69) is 4.98 Å². The summed E-state index contributed by atoms with van der Waals surface area (Å²) in [4.78, 5) is 15.7. The average Bonchev–Trinajstić information content (AvgIpc) is 1.99. The molecule has 1 rings (SSSR count). The molecule has 0 atom stereocenters. The third-order valence-corrected chi connectivity index (χ3v) is 2.12. The quantitative estimate of drug-likeness (QED) is 0.749. The Labute approximate surface area is 90.0 Å². The van der Waals surface area contributed by atoms with Crippen molar-refractivity contribution in [2.75, 3.05) is 0 Å². The number of aromatic nitrogens is 1. The molecule has 2 N–H and O–H groups in total. The molecule has 0 bridgehead atoms. The van der Waals surface area contributed by atoms with Crippen molar-refractivity contribution in [3.63, 3.8) is 0 Å². The van der Waals surface area contributed by atoms with E-state index in [0.717, 1.165) is 17.0 Å². The highest BCUT2D eigenvalue weighted by Gasteiger charge is 2.10. The fourth-order valence-corrected chi connectivity index (χ4v) is 1.69. The summed E-state index contributed by atoms with van der Waals surface area (Å²) in [7, 11) is 0. The molecule has 0 fully saturated rings. The molecule has 0 amide bonds. The van der Waals surface area contributed by atoms with Crippen LogP contribution in [0.25, 0.3) is 5.57 Å². The maximum absolute atomic E-state index is 11.5. The first-order valence-corrected chi connectivity index (χ1v) is 4.84. The van der Waals surface area contributed by atoms with E-state index >= 15 is 0 Å². The van der Waals surface area contributed by atoms with Crippen LogP contribution in [-0.2, 0) is 4.79 Å². The minimum atomic E-state index is -0.0139. The molecule has 0 saturated carbocycles. The van der Waals surface area contributed by atoms with Crippen molar-refractivity contribution in [1.82, 2.24) is 4.98 Å². The fraction of sp³-hybridized carbons (Fsp3) is 0.333. The number of nitrogens with zero attached hydrogens (tertiary/aromatic N) is 1. The number of hydrogen-bond acceptors (Lipinski definition) is 3. The maximum Gasteiger partial charge on any atom is 0.162 e. The van der Waals surface area contributed by atoms with E-state index in [1.807, 2.05) is 26.0 Å². The number of allylic oxidation sites excluding steroid dienone is 2. The minimum Gasteiger partial charge on any atom is -0.402 e. The molecule has 0 radical (unpaired) electrons. The van der Waals surface area contributed by atoms with Gasteiger partial charge >= 0.3 is 0 Å². The van der Waals surface area contributed by atoms with Crippen LogP contribution in [0.2, 0.25) is 0 Å². The second-order valence-corrected chi connectivity index (χ2v) is 3.75. The van der Waals surface area contributed by atoms with Gasteiger partial charge in [0.1, 0.15) is 0 Å². The van der Waals surface area contributed by atoms with Crippen molar-refractivity contribution >= 4 is 11.4 Å². The van der Waals surface area contributed by atoms with Crippen molar-refractivity contribution in [2.24, 2.45) is 5.73 Å². The van der Waals surface area contributed by atoms with Crippen LogP contribution in [0.15, 0.2) is 17.8 Å². The van der Waals surface area contributed by atoms with Gasteiger partial charge in [-0.3, -0.25) is 9.78 Å². The molecule has 3 nitrogen and oxygen atoms in total. The Bertz CT molecular complexity index is 409. The van der Waals surface area contributed by atoms with Crippen molar-refractivity contribution in [1.29, 1.82) is 0 Å². The summed E-state index contributed by atoms with van der Waals surface area (Å²) in [5.74, 6) is -0.0139. The molecule has 1 heterocycles. The third kappa shape index (κ3) is 2.65. The van der Waals surface area contributed by atoms with Gasteiger partial charge in [0.25, 0.3) is 0 Å². The minimum absolute atomic E-state index is 0.0139. The number of nitrogens with two attached hydrogens (primary N) is 1. The molecule has 0 aliphatic rings. The summed E-state index contributed by atoms with van der Waals surface area (Å²) in [6.07, 6.45) is 0. The fourth-order valence-electron chi connectivity index (χ4n) is 1.69. The van der Waals surface area contributed by atoms with Crippen LogP contribution in [0.1, 0.15) is 30.8 Å². The number of pyridine rings is 1. The Morgan fingerprint density at radius 2 is 1.67 bits per heavy atom. The van der Waals surface area contributed by atoms with Crippen LogP contribution in [0.3, 0.4) is 0 Å². The van der Waals surface area contributed by atoms with Gasteiger partial charge in [-0.2, -0.15) is 0 Å². The number of ketones is 1. The van der Waals surface area contributed by atoms with E-state index in [9.17, 15) is 4.79 Å². The number of rotatable bonds is 2. The summed E-state index contributed by atoms with van der Waals surface area (Å²) >= 11 is 0. The molecule has 0 spiro atoms. The molecule has 0 unspecified atom stereocenters. The smallest absolute Gasteiger partial charge is 0.162 e. The predicted molar refractivity (Wildman–Crippen MR) is 61.2 cm³/mol. The van der Waals surface area contributed by atoms with Gasteiger partial charge in [-0.25, -0.2) is 0 Å². The molecule has 0 saturated heterocycles. The lowest BCUT2D eigenvalue weighted by molar-refractivity contribution is -0.111. The number of carbonyl (C=O) groups is 1. The van der Waals surface area contributed by atoms with Crippen LogP contribution >= 0.6 is 0 Å². The first kappa shape index (κ1) is 11.4. The highest BCUT2D eigenvalue weighted by atomic mass is 16.1. The van der Waals surface area contributed by atoms with Crippen LogP contribution in [0.5, 0.6) is 0 Å². The molecule has 3 heteroatoms. The topological polar surface area (TPSA) is 56.0 Å². The van der Waals surface area contributed by atoms with E-state index in [-0.39, 0.29) is 5.78 Å². The first-order chi connectivity index (χ1) is 6.91. The second-order valence-electron chi connectivity index (χ2n) is 3.75. The summed E-state index contributed by atoms with van der Waals surface area (Å²) in [6, 6.07) is 3.75. The summed E-state index contributed by atoms with van der Waals surface area (Å²) in [6.45, 7) is 7.07. The third-order valence-electron chi connectivity index (χ3n) is 2.12. The van der Waals surface area contributed by atoms with Gasteiger partial charge in [0.05, 0.1) is 0 Å². The number of aryl methyl sites for hydroxylation is 2. The Hall–Kier alpha value is -1.64. The van der Waals surface area contributed by atoms with Crippen molar-refractivity contribution in [2.45, 2.75) is 27.7 Å². The maximum atomic E-state index is 11.5. The zero-order valence-corrected chi connectivity index (χ0v) is 9.59. The molecular formula is C12H16N2O. The van der Waals surface area contributed by atoms with Gasteiger partial charge < -0.3 is 5.73 Å². The second kappa shape index (κ2) is 4.26. The normalized spacial score (nSPS) is 12.3. The van der Waals surface area contributed by atoms with Gasteiger partial charge in [-0.1, -0.05) is 0 Å². The highest BCUT2D eigenvalue weighted by Crippen LogP contribution is 2.19. The van der Waals surface area contributed by atoms with Crippen LogP contribution in [0.4, 0.5) is 0 Å². The van der Waals surface area contributed by atoms with Gasteiger partial charge in [0.15, 0.2) is 5.78 Å². The molecule has 1 aromatic rings. The van der Waals surface area contributed by atoms with E-state index in [0.29, 0.717) is 11.3 Å². The first-order valence-electron chi connectivity index (χ1n) is 4.84. The largest absolute Gasteiger partial charge is 0.402 e. The molecule has 80 valence electrons. The highest BCUT2D eigenvalue weighted by molar-refractivity contribution is 6.20. The summed E-state index contributed by atoms with van der Waals surface area (Å²) in [5, 5.41) is 0. The molecule has 0 aliphatic heterocycles. The number of hydrogen-bond donors (Lipinski definition) is 1. The molecule has 0 aromatic carbocycles. The van der Waals surface area contributed by atoms with Crippen molar-refractivity contribution < 1.29 is 4.79 Å². The predicted octanol–water partition coefficient (Wildman–Crippen LogP) is 1.98. The standard InChI is InChI=1S/C12H16N2O/c1-7-5-11(6-8(2)14-7)12(9(3)13)10(4)15/h5-6H,13H2,1-4H3. The Morgan fingerprint density at radius 1 is 1.20 bits per heavy atom. The van der Waals surface area contributed by atoms with Crippen LogP contribution < -0.4 is 5.73 Å². The van der Waals surface area contributed by atoms with Gasteiger partial charge in [0, 0.05) is 22.7 Å². The van der Waals surface area contributed by atoms with Crippen LogP contribution in [0, 0.1) is 13.8 Å². The number of Topliss-reactive ketones (excluding diaryl/α,β-unsaturated/α-hetero) is 1. The van der Waals surface area contributed by atoms with Gasteiger partial charge in [-0.15, -0.1) is 0 Å². The molecular weight excluding hydrogens is 188 g/mol. The lowest BCUT2D eigenvalue weighted by Gasteiger charge is -2.08. The molecule has 1 aromatic heterocycles. The Kier molecular flexibility index (Phi) is 3.24. The number of carbonyl (C=O) groups excluding carboxylic acids is 1. The molecule has 15 heavy (non-hydrogen) atoms. The zero-order valence-electron chi connectivity index (χ0n) is 9.59. The van der Waals surface area contributed by atoms with Crippen molar-refractivity contribution in [3.8, 4) is 0 Å². The van der Waals surface area contributed by atoms with Gasteiger partial charge in [-0.05, 0) is 45.4 Å². The van der Waals surface area contributed by atoms with E-state index in [4.69, 9.17) is 5.73 Å². The lowest BCUT2D eigenvalue weighted by Crippen LogP contribution is -2.06. The Morgan fingerprint density at radius 3 is 2.00 bits per heavy atom. The lowest BCUT2D eigenvalue weighted by atomic mass is 10.0. The van der Waals surface area contributed by atoms with E-state index < -0.39 is 0 Å².